The van der Waals surface area contributed by atoms with Crippen molar-refractivity contribution in [1.29, 1.82) is 5.26 Å². The van der Waals surface area contributed by atoms with Gasteiger partial charge in [0.15, 0.2) is 0 Å². The van der Waals surface area contributed by atoms with Crippen LogP contribution in [0.1, 0.15) is 31.0 Å². The molecule has 0 aliphatic carbocycles. The molecule has 1 saturated heterocycles. The second-order valence-corrected chi connectivity index (χ2v) is 10.3. The van der Waals surface area contributed by atoms with E-state index in [9.17, 15) is 20.0 Å². The first-order valence-electron chi connectivity index (χ1n) is 13.9. The van der Waals surface area contributed by atoms with Crippen molar-refractivity contribution in [2.75, 3.05) is 23.8 Å². The van der Waals surface area contributed by atoms with Gasteiger partial charge in [0.1, 0.15) is 24.2 Å². The number of fused-ring (bicyclic) bond motifs is 1. The van der Waals surface area contributed by atoms with Crippen LogP contribution in [0.3, 0.4) is 0 Å². The van der Waals surface area contributed by atoms with Gasteiger partial charge >= 0.3 is 6.09 Å². The van der Waals surface area contributed by atoms with Gasteiger partial charge < -0.3 is 30.1 Å². The minimum absolute atomic E-state index is 0.255. The van der Waals surface area contributed by atoms with Crippen LogP contribution in [-0.2, 0) is 11.4 Å². The number of likely N-dealkylation sites (tertiary alicyclic amines) is 1. The number of nitrogens with zero attached hydrogens (tertiary/aromatic N) is 4. The fourth-order valence-electron chi connectivity index (χ4n) is 4.89. The molecule has 11 nitrogen and oxygen atoms in total. The molecule has 5 rings (SSSR count). The molecule has 3 N–H and O–H groups in total. The SMILES string of the molecule is CCOc1cc2ncc(C#N)c(Nc3ccc(OCc4ccccn4)c(Cl)c3)c2cc1NC(=O)C=C[C@@H]1CCCN1C(=O)O. The number of anilines is 3. The maximum absolute atomic E-state index is 12.9. The van der Waals surface area contributed by atoms with Gasteiger partial charge in [-0.15, -0.1) is 0 Å². The Morgan fingerprint density at radius 3 is 2.77 bits per heavy atom. The fraction of sp³-hybridized carbons (Fsp3) is 0.219. The van der Waals surface area contributed by atoms with E-state index in [1.165, 1.54) is 17.2 Å². The average Bonchev–Trinajstić information content (AvgIpc) is 3.50. The molecule has 224 valence electrons. The summed E-state index contributed by atoms with van der Waals surface area (Å²) in [6.45, 7) is 2.85. The van der Waals surface area contributed by atoms with Crippen LogP contribution >= 0.6 is 11.6 Å². The highest BCUT2D eigenvalue weighted by Gasteiger charge is 2.26. The van der Waals surface area contributed by atoms with Crippen LogP contribution in [0, 0.1) is 11.3 Å². The fourth-order valence-corrected chi connectivity index (χ4v) is 5.13. The van der Waals surface area contributed by atoms with Crippen LogP contribution in [0.2, 0.25) is 5.02 Å². The lowest BCUT2D eigenvalue weighted by molar-refractivity contribution is -0.112. The maximum atomic E-state index is 12.9. The minimum Gasteiger partial charge on any atom is -0.492 e. The second kappa shape index (κ2) is 13.8. The molecule has 4 aromatic rings. The summed E-state index contributed by atoms with van der Waals surface area (Å²) in [5.74, 6) is 0.427. The number of aromatic nitrogens is 2. The number of nitriles is 1. The third-order valence-corrected chi connectivity index (χ3v) is 7.26. The van der Waals surface area contributed by atoms with E-state index in [4.69, 9.17) is 21.1 Å². The summed E-state index contributed by atoms with van der Waals surface area (Å²) in [6.07, 6.45) is 6.44. The average molecular weight is 613 g/mol. The van der Waals surface area contributed by atoms with Crippen molar-refractivity contribution >= 4 is 51.6 Å². The molecule has 0 radical (unpaired) electrons. The Labute approximate surface area is 258 Å². The number of carbonyl (C=O) groups excluding carboxylic acids is 1. The van der Waals surface area contributed by atoms with Crippen LogP contribution < -0.4 is 20.1 Å². The number of hydrogen-bond acceptors (Lipinski definition) is 8. The highest BCUT2D eigenvalue weighted by atomic mass is 35.5. The summed E-state index contributed by atoms with van der Waals surface area (Å²) in [6, 6.07) is 15.9. The van der Waals surface area contributed by atoms with Gasteiger partial charge in [0.05, 0.1) is 45.8 Å². The molecule has 0 saturated carbocycles. The van der Waals surface area contributed by atoms with Crippen LogP contribution in [0.25, 0.3) is 10.9 Å². The molecule has 2 aromatic carbocycles. The van der Waals surface area contributed by atoms with Crippen molar-refractivity contribution in [3.05, 3.63) is 89.4 Å². The number of ether oxygens (including phenoxy) is 2. The van der Waals surface area contributed by atoms with Crippen molar-refractivity contribution in [3.63, 3.8) is 0 Å². The molecular formula is C32H29ClN6O5. The normalized spacial score (nSPS) is 14.4. The number of benzene rings is 2. The summed E-state index contributed by atoms with van der Waals surface area (Å²) < 4.78 is 11.6. The van der Waals surface area contributed by atoms with Crippen molar-refractivity contribution in [1.82, 2.24) is 14.9 Å². The molecule has 0 bridgehead atoms. The molecule has 12 heteroatoms. The molecular weight excluding hydrogens is 584 g/mol. The number of carbonyl (C=O) groups is 2. The van der Waals surface area contributed by atoms with Crippen molar-refractivity contribution < 1.29 is 24.2 Å². The summed E-state index contributed by atoms with van der Waals surface area (Å²) in [4.78, 5) is 34.4. The largest absolute Gasteiger partial charge is 0.492 e. The molecule has 0 spiro atoms. The van der Waals surface area contributed by atoms with E-state index >= 15 is 0 Å². The zero-order chi connectivity index (χ0) is 31.1. The molecule has 44 heavy (non-hydrogen) atoms. The van der Waals surface area contributed by atoms with E-state index in [0.717, 1.165) is 12.1 Å². The van der Waals surface area contributed by atoms with Crippen LogP contribution in [0.15, 0.2) is 73.1 Å². The van der Waals surface area contributed by atoms with Gasteiger partial charge in [-0.05, 0) is 56.2 Å². The van der Waals surface area contributed by atoms with E-state index < -0.39 is 12.0 Å². The van der Waals surface area contributed by atoms with Gasteiger partial charge in [0.25, 0.3) is 0 Å². The topological polar surface area (TPSA) is 150 Å². The summed E-state index contributed by atoms with van der Waals surface area (Å²) in [7, 11) is 0. The summed E-state index contributed by atoms with van der Waals surface area (Å²) in [5.41, 5.74) is 3.01. The van der Waals surface area contributed by atoms with Gasteiger partial charge in [-0.25, -0.2) is 4.79 Å². The predicted octanol–water partition coefficient (Wildman–Crippen LogP) is 6.51. The molecule has 1 fully saturated rings. The molecule has 2 aromatic heterocycles. The first kappa shape index (κ1) is 30.1. The van der Waals surface area contributed by atoms with E-state index in [0.29, 0.717) is 64.1 Å². The number of hydrogen-bond donors (Lipinski definition) is 3. The third kappa shape index (κ3) is 6.99. The number of halogens is 1. The molecule has 1 aliphatic rings. The van der Waals surface area contributed by atoms with Crippen LogP contribution in [-0.4, -0.2) is 51.2 Å². The predicted molar refractivity (Wildman–Crippen MR) is 166 cm³/mol. The lowest BCUT2D eigenvalue weighted by Crippen LogP contribution is -2.33. The Morgan fingerprint density at radius 1 is 1.18 bits per heavy atom. The lowest BCUT2D eigenvalue weighted by atomic mass is 10.1. The van der Waals surface area contributed by atoms with E-state index in [1.807, 2.05) is 25.1 Å². The first-order chi connectivity index (χ1) is 21.4. The minimum atomic E-state index is -1.01. The number of nitrogens with one attached hydrogen (secondary N) is 2. The lowest BCUT2D eigenvalue weighted by Gasteiger charge is -2.18. The Kier molecular flexibility index (Phi) is 9.42. The van der Waals surface area contributed by atoms with E-state index in [1.54, 1.807) is 42.6 Å². The van der Waals surface area contributed by atoms with E-state index in [-0.39, 0.29) is 18.2 Å². The molecule has 3 heterocycles. The first-order valence-corrected chi connectivity index (χ1v) is 14.3. The van der Waals surface area contributed by atoms with E-state index in [2.05, 4.69) is 26.7 Å². The second-order valence-electron chi connectivity index (χ2n) is 9.87. The Hall–Kier alpha value is -5.34. The molecule has 1 atom stereocenters. The Morgan fingerprint density at radius 2 is 2.05 bits per heavy atom. The van der Waals surface area contributed by atoms with Crippen molar-refractivity contribution in [3.8, 4) is 17.6 Å². The highest BCUT2D eigenvalue weighted by Crippen LogP contribution is 2.37. The number of pyridine rings is 2. The third-order valence-electron chi connectivity index (χ3n) is 6.97. The van der Waals surface area contributed by atoms with Crippen molar-refractivity contribution in [2.45, 2.75) is 32.4 Å². The summed E-state index contributed by atoms with van der Waals surface area (Å²) in [5, 5.41) is 26.3. The van der Waals surface area contributed by atoms with Crippen molar-refractivity contribution in [2.24, 2.45) is 0 Å². The monoisotopic (exact) mass is 612 g/mol. The zero-order valence-corrected chi connectivity index (χ0v) is 24.5. The molecule has 0 unspecified atom stereocenters. The Balaban J connectivity index is 1.41. The quantitative estimate of drug-likeness (QED) is 0.170. The molecule has 1 aliphatic heterocycles. The van der Waals surface area contributed by atoms with Gasteiger partial charge in [-0.1, -0.05) is 23.7 Å². The van der Waals surface area contributed by atoms with Gasteiger partial charge in [0, 0.05) is 42.2 Å². The maximum Gasteiger partial charge on any atom is 0.407 e. The Bertz CT molecular complexity index is 1760. The van der Waals surface area contributed by atoms with Gasteiger partial charge in [0.2, 0.25) is 5.91 Å². The van der Waals surface area contributed by atoms with Gasteiger partial charge in [-0.3, -0.25) is 14.8 Å². The molecule has 2 amide bonds. The standard InChI is InChI=1S/C32H29ClN6O5/c1-2-43-29-16-26-24(15-27(29)38-30(40)11-9-23-7-5-13-39(23)32(41)42)31(20(17-34)18-36-26)37-21-8-10-28(25(33)14-21)44-19-22-6-3-4-12-35-22/h3-4,6,8-12,14-16,18,23H,2,5,7,13,19H2,1H3,(H,36,37)(H,38,40)(H,41,42)/t23-/m0/s1. The number of carboxylic acid groups (broad SMARTS) is 1. The highest BCUT2D eigenvalue weighted by molar-refractivity contribution is 6.32. The smallest absolute Gasteiger partial charge is 0.407 e. The number of rotatable bonds is 10. The van der Waals surface area contributed by atoms with Gasteiger partial charge in [-0.2, -0.15) is 5.26 Å². The van der Waals surface area contributed by atoms with Crippen LogP contribution in [0.4, 0.5) is 21.9 Å². The summed E-state index contributed by atoms with van der Waals surface area (Å²) >= 11 is 6.53. The van der Waals surface area contributed by atoms with Crippen LogP contribution in [0.5, 0.6) is 11.5 Å². The zero-order valence-electron chi connectivity index (χ0n) is 23.8. The number of amides is 2.